The van der Waals surface area contributed by atoms with Crippen LogP contribution >= 0.6 is 0 Å². The van der Waals surface area contributed by atoms with Crippen LogP contribution in [0.3, 0.4) is 0 Å². The van der Waals surface area contributed by atoms with Crippen LogP contribution in [0, 0.1) is 0 Å². The number of rotatable bonds is 5. The summed E-state index contributed by atoms with van der Waals surface area (Å²) in [6, 6.07) is 15.4. The molecule has 1 unspecified atom stereocenters. The molecule has 2 aromatic rings. The van der Waals surface area contributed by atoms with E-state index in [1.54, 1.807) is 31.2 Å². The first-order valence-electron chi connectivity index (χ1n) is 6.94. The van der Waals surface area contributed by atoms with Crippen LogP contribution in [0.2, 0.25) is 0 Å². The molecular formula is C17H18N2O3. The molecule has 1 amide bonds. The first kappa shape index (κ1) is 15.6. The minimum atomic E-state index is -0.715. The van der Waals surface area contributed by atoms with Crippen molar-refractivity contribution in [2.45, 2.75) is 19.6 Å². The Bertz CT molecular complexity index is 656. The second-order valence-corrected chi connectivity index (χ2v) is 4.88. The van der Waals surface area contributed by atoms with E-state index in [0.717, 1.165) is 5.56 Å². The molecule has 0 aromatic heterocycles. The van der Waals surface area contributed by atoms with Gasteiger partial charge in [0.15, 0.2) is 5.78 Å². The van der Waals surface area contributed by atoms with E-state index in [4.69, 9.17) is 10.5 Å². The van der Waals surface area contributed by atoms with Crippen LogP contribution < -0.4 is 11.1 Å². The lowest BCUT2D eigenvalue weighted by molar-refractivity contribution is 0.0927. The third kappa shape index (κ3) is 4.09. The van der Waals surface area contributed by atoms with Crippen molar-refractivity contribution in [3.63, 3.8) is 0 Å². The molecule has 5 nitrogen and oxygen atoms in total. The van der Waals surface area contributed by atoms with Gasteiger partial charge in [0.2, 0.25) is 0 Å². The predicted octanol–water partition coefficient (Wildman–Crippen LogP) is 2.77. The molecule has 22 heavy (non-hydrogen) atoms. The molecule has 1 atom stereocenters. The molecule has 0 aliphatic rings. The molecule has 0 saturated heterocycles. The van der Waals surface area contributed by atoms with Gasteiger partial charge in [-0.15, -0.1) is 0 Å². The molecule has 3 N–H and O–H groups in total. The molecule has 114 valence electrons. The number of para-hydroxylation sites is 1. The smallest absolute Gasteiger partial charge is 0.408 e. The number of carbonyl (C=O) groups excluding carboxylic acids is 2. The maximum Gasteiger partial charge on any atom is 0.408 e. The number of amides is 1. The molecular weight excluding hydrogens is 280 g/mol. The van der Waals surface area contributed by atoms with E-state index in [-0.39, 0.29) is 12.4 Å². The van der Waals surface area contributed by atoms with Gasteiger partial charge in [0.05, 0.1) is 6.04 Å². The van der Waals surface area contributed by atoms with Crippen LogP contribution in [0.15, 0.2) is 54.6 Å². The normalized spacial score (nSPS) is 11.5. The van der Waals surface area contributed by atoms with Crippen molar-refractivity contribution >= 4 is 17.6 Å². The summed E-state index contributed by atoms with van der Waals surface area (Å²) in [5, 5.41) is 2.51. The van der Waals surface area contributed by atoms with Crippen molar-refractivity contribution in [1.82, 2.24) is 5.32 Å². The Kier molecular flexibility index (Phi) is 5.14. The van der Waals surface area contributed by atoms with Crippen molar-refractivity contribution in [1.29, 1.82) is 0 Å². The van der Waals surface area contributed by atoms with Crippen LogP contribution in [-0.2, 0) is 11.3 Å². The van der Waals surface area contributed by atoms with E-state index >= 15 is 0 Å². The van der Waals surface area contributed by atoms with Crippen LogP contribution in [0.25, 0.3) is 0 Å². The molecule has 0 fully saturated rings. The average Bonchev–Trinajstić information content (AvgIpc) is 2.53. The lowest BCUT2D eigenvalue weighted by Crippen LogP contribution is -2.39. The Labute approximate surface area is 129 Å². The van der Waals surface area contributed by atoms with E-state index in [1.165, 1.54) is 0 Å². The van der Waals surface area contributed by atoms with Crippen molar-refractivity contribution in [3.05, 3.63) is 65.7 Å². The van der Waals surface area contributed by atoms with Crippen LogP contribution in [0.4, 0.5) is 10.5 Å². The summed E-state index contributed by atoms with van der Waals surface area (Å²) < 4.78 is 5.08. The van der Waals surface area contributed by atoms with E-state index in [1.807, 2.05) is 30.3 Å². The van der Waals surface area contributed by atoms with Crippen molar-refractivity contribution in [3.8, 4) is 0 Å². The van der Waals surface area contributed by atoms with E-state index < -0.39 is 12.1 Å². The lowest BCUT2D eigenvalue weighted by Gasteiger charge is -2.14. The molecule has 0 aliphatic carbocycles. The molecule has 0 saturated carbocycles. The second kappa shape index (κ2) is 7.26. The maximum absolute atomic E-state index is 12.2. The van der Waals surface area contributed by atoms with Gasteiger partial charge in [0.25, 0.3) is 0 Å². The zero-order chi connectivity index (χ0) is 15.9. The summed E-state index contributed by atoms with van der Waals surface area (Å²) in [6.07, 6.45) is -0.640. The van der Waals surface area contributed by atoms with Gasteiger partial charge in [0.1, 0.15) is 6.61 Å². The van der Waals surface area contributed by atoms with Crippen LogP contribution in [0.1, 0.15) is 22.8 Å². The molecule has 2 rings (SSSR count). The molecule has 0 heterocycles. The number of hydrogen-bond acceptors (Lipinski definition) is 4. The highest BCUT2D eigenvalue weighted by Gasteiger charge is 2.19. The number of ketones is 1. The molecule has 0 bridgehead atoms. The number of Topliss-reactive ketones (excluding diaryl/α,β-unsaturated/α-hetero) is 1. The third-order valence-corrected chi connectivity index (χ3v) is 3.17. The van der Waals surface area contributed by atoms with Gasteiger partial charge >= 0.3 is 6.09 Å². The number of nitrogens with two attached hydrogens (primary N) is 1. The Morgan fingerprint density at radius 2 is 1.73 bits per heavy atom. The third-order valence-electron chi connectivity index (χ3n) is 3.17. The number of carbonyl (C=O) groups is 2. The number of nitrogen functional groups attached to an aromatic ring is 1. The minimum Gasteiger partial charge on any atom is -0.445 e. The number of anilines is 1. The monoisotopic (exact) mass is 298 g/mol. The second-order valence-electron chi connectivity index (χ2n) is 4.88. The summed E-state index contributed by atoms with van der Waals surface area (Å²) in [5.41, 5.74) is 7.41. The minimum absolute atomic E-state index is 0.154. The van der Waals surface area contributed by atoms with Crippen molar-refractivity contribution in [2.24, 2.45) is 0 Å². The number of benzene rings is 2. The SMILES string of the molecule is CC(NC(=O)OCc1ccccc1)C(=O)c1ccccc1N. The van der Waals surface area contributed by atoms with E-state index in [0.29, 0.717) is 11.3 Å². The van der Waals surface area contributed by atoms with Crippen LogP contribution in [-0.4, -0.2) is 17.9 Å². The molecule has 5 heteroatoms. The van der Waals surface area contributed by atoms with E-state index in [2.05, 4.69) is 5.32 Å². The first-order valence-corrected chi connectivity index (χ1v) is 6.94. The quantitative estimate of drug-likeness (QED) is 0.657. The highest BCUT2D eigenvalue weighted by atomic mass is 16.5. The maximum atomic E-state index is 12.2. The van der Waals surface area contributed by atoms with Gasteiger partial charge in [0, 0.05) is 11.3 Å². The van der Waals surface area contributed by atoms with E-state index in [9.17, 15) is 9.59 Å². The number of ether oxygens (including phenoxy) is 1. The van der Waals surface area contributed by atoms with Gasteiger partial charge in [-0.3, -0.25) is 4.79 Å². The first-order chi connectivity index (χ1) is 10.6. The fourth-order valence-electron chi connectivity index (χ4n) is 1.96. The predicted molar refractivity (Wildman–Crippen MR) is 84.4 cm³/mol. The topological polar surface area (TPSA) is 81.4 Å². The van der Waals surface area contributed by atoms with Gasteiger partial charge in [-0.2, -0.15) is 0 Å². The Morgan fingerprint density at radius 1 is 1.09 bits per heavy atom. The fraction of sp³-hybridized carbons (Fsp3) is 0.176. The number of alkyl carbamates (subject to hydrolysis) is 1. The van der Waals surface area contributed by atoms with Crippen molar-refractivity contribution in [2.75, 3.05) is 5.73 Å². The highest BCUT2D eigenvalue weighted by molar-refractivity contribution is 6.05. The lowest BCUT2D eigenvalue weighted by atomic mass is 10.0. The van der Waals surface area contributed by atoms with Gasteiger partial charge in [-0.1, -0.05) is 42.5 Å². The number of hydrogen-bond donors (Lipinski definition) is 2. The Morgan fingerprint density at radius 3 is 2.41 bits per heavy atom. The van der Waals surface area contributed by atoms with Gasteiger partial charge < -0.3 is 15.8 Å². The van der Waals surface area contributed by atoms with Crippen LogP contribution in [0.5, 0.6) is 0 Å². The van der Waals surface area contributed by atoms with Gasteiger partial charge in [-0.25, -0.2) is 4.79 Å². The average molecular weight is 298 g/mol. The molecule has 0 spiro atoms. The van der Waals surface area contributed by atoms with Crippen molar-refractivity contribution < 1.29 is 14.3 Å². The fourth-order valence-corrected chi connectivity index (χ4v) is 1.96. The Balaban J connectivity index is 1.88. The number of nitrogens with one attached hydrogen (secondary N) is 1. The molecule has 0 aliphatic heterocycles. The molecule has 2 aromatic carbocycles. The molecule has 0 radical (unpaired) electrons. The summed E-state index contributed by atoms with van der Waals surface area (Å²) in [6.45, 7) is 1.75. The standard InChI is InChI=1S/C17H18N2O3/c1-12(16(20)14-9-5-6-10-15(14)18)19-17(21)22-11-13-7-3-2-4-8-13/h2-10,12H,11,18H2,1H3,(H,19,21). The summed E-state index contributed by atoms with van der Waals surface area (Å²) in [7, 11) is 0. The Hall–Kier alpha value is -2.82. The van der Waals surface area contributed by atoms with Gasteiger partial charge in [-0.05, 0) is 24.6 Å². The summed E-state index contributed by atoms with van der Waals surface area (Å²) in [5.74, 6) is -0.255. The highest BCUT2D eigenvalue weighted by Crippen LogP contribution is 2.13. The largest absolute Gasteiger partial charge is 0.445 e. The zero-order valence-corrected chi connectivity index (χ0v) is 12.3. The summed E-state index contributed by atoms with van der Waals surface area (Å²) >= 11 is 0. The summed E-state index contributed by atoms with van der Waals surface area (Å²) in [4.78, 5) is 24.0. The zero-order valence-electron chi connectivity index (χ0n) is 12.3.